The molecule has 1 unspecified atom stereocenters. The lowest BCUT2D eigenvalue weighted by molar-refractivity contribution is -0.125. The summed E-state index contributed by atoms with van der Waals surface area (Å²) >= 11 is 6.02. The highest BCUT2D eigenvalue weighted by atomic mass is 35.5. The molecule has 13 heteroatoms. The van der Waals surface area contributed by atoms with Crippen molar-refractivity contribution in [2.45, 2.75) is 33.2 Å². The molecule has 1 aliphatic carbocycles. The maximum atomic E-state index is 13.5. The van der Waals surface area contributed by atoms with Crippen LogP contribution in [-0.4, -0.2) is 43.0 Å². The second-order valence-electron chi connectivity index (χ2n) is 9.56. The fourth-order valence-electron chi connectivity index (χ4n) is 4.38. The van der Waals surface area contributed by atoms with Gasteiger partial charge in [0.05, 0.1) is 34.3 Å². The minimum Gasteiger partial charge on any atom is -0.480 e. The van der Waals surface area contributed by atoms with Crippen molar-refractivity contribution in [2.24, 2.45) is 11.8 Å². The number of benzene rings is 1. The van der Waals surface area contributed by atoms with Crippen molar-refractivity contribution in [1.82, 2.24) is 19.9 Å². The first kappa shape index (κ1) is 29.2. The fraction of sp³-hybridized carbons (Fsp3) is 0.333. The first-order valence-corrected chi connectivity index (χ1v) is 14.3. The van der Waals surface area contributed by atoms with Gasteiger partial charge in [-0.05, 0) is 42.2 Å². The van der Waals surface area contributed by atoms with Gasteiger partial charge in [0.1, 0.15) is 11.5 Å². The lowest BCUT2D eigenvalue weighted by atomic mass is 9.95. The number of fused-ring (bicyclic) bond motifs is 1. The van der Waals surface area contributed by atoms with Crippen LogP contribution < -0.4 is 20.3 Å². The quantitative estimate of drug-likeness (QED) is 0.380. The number of nitrogens with zero attached hydrogens (tertiary/aromatic N) is 3. The zero-order valence-corrected chi connectivity index (χ0v) is 23.9. The molecule has 0 spiro atoms. The maximum absolute atomic E-state index is 13.5. The van der Waals surface area contributed by atoms with Crippen molar-refractivity contribution in [1.29, 1.82) is 0 Å². The second-order valence-corrected chi connectivity index (χ2v) is 11.7. The highest BCUT2D eigenvalue weighted by Gasteiger charge is 2.26. The standard InChI is InChI=1S/C27H29ClFN5O5S/c1-15(16(2)25(35)30-3)13-34-14-32-22-7-5-17(9-20(22)27(34)36)18-10-23(26(39-4)31-12-18)33-40(37,38)24-8-6-19(29)11-21(24)28/h5,7,9-12,14-16,33H,6,8,13H2,1-4H3,(H,30,35)/t15-,16?/m1/s1. The Labute approximate surface area is 236 Å². The molecule has 0 radical (unpaired) electrons. The molecule has 1 aliphatic rings. The molecular formula is C27H29ClFN5O5S. The molecule has 0 bridgehead atoms. The summed E-state index contributed by atoms with van der Waals surface area (Å²) in [6, 6.07) is 6.62. The van der Waals surface area contributed by atoms with Gasteiger partial charge in [-0.25, -0.2) is 22.8 Å². The van der Waals surface area contributed by atoms with E-state index in [-0.39, 0.29) is 57.6 Å². The first-order chi connectivity index (χ1) is 18.9. The number of pyridine rings is 1. The Morgan fingerprint density at radius 1 is 1.20 bits per heavy atom. The van der Waals surface area contributed by atoms with Gasteiger partial charge in [-0.1, -0.05) is 31.5 Å². The van der Waals surface area contributed by atoms with E-state index < -0.39 is 15.9 Å². The summed E-state index contributed by atoms with van der Waals surface area (Å²) < 4.78 is 48.9. The summed E-state index contributed by atoms with van der Waals surface area (Å²) in [4.78, 5) is 33.9. The van der Waals surface area contributed by atoms with Crippen LogP contribution in [0.15, 0.2) is 63.4 Å². The number of amides is 1. The molecule has 2 heterocycles. The molecule has 2 aromatic heterocycles. The van der Waals surface area contributed by atoms with E-state index >= 15 is 0 Å². The van der Waals surface area contributed by atoms with Crippen molar-refractivity contribution >= 4 is 44.1 Å². The minimum atomic E-state index is -4.14. The third-order valence-corrected chi connectivity index (χ3v) is 8.92. The van der Waals surface area contributed by atoms with Gasteiger partial charge in [0.15, 0.2) is 0 Å². The number of hydrogen-bond donors (Lipinski definition) is 2. The van der Waals surface area contributed by atoms with E-state index in [0.717, 1.165) is 6.08 Å². The number of sulfonamides is 1. The van der Waals surface area contributed by atoms with Crippen molar-refractivity contribution < 1.29 is 22.3 Å². The number of methoxy groups -OCH3 is 1. The van der Waals surface area contributed by atoms with E-state index in [0.29, 0.717) is 28.6 Å². The van der Waals surface area contributed by atoms with Crippen molar-refractivity contribution in [3.63, 3.8) is 0 Å². The van der Waals surface area contributed by atoms with Crippen LogP contribution in [0, 0.1) is 11.8 Å². The zero-order valence-electron chi connectivity index (χ0n) is 22.4. The maximum Gasteiger partial charge on any atom is 0.261 e. The van der Waals surface area contributed by atoms with Gasteiger partial charge >= 0.3 is 0 Å². The summed E-state index contributed by atoms with van der Waals surface area (Å²) in [5.41, 5.74) is 1.36. The molecule has 0 saturated carbocycles. The summed E-state index contributed by atoms with van der Waals surface area (Å²) in [5.74, 6) is -1.01. The van der Waals surface area contributed by atoms with Crippen molar-refractivity contribution in [3.05, 3.63) is 69.0 Å². The number of carbonyl (C=O) groups is 1. The molecule has 2 atom stereocenters. The Kier molecular flexibility index (Phi) is 8.59. The van der Waals surface area contributed by atoms with E-state index in [9.17, 15) is 22.4 Å². The molecule has 4 rings (SSSR count). The number of anilines is 1. The minimum absolute atomic E-state index is 0.0191. The van der Waals surface area contributed by atoms with Gasteiger partial charge in [0.2, 0.25) is 11.8 Å². The number of rotatable bonds is 9. The molecular weight excluding hydrogens is 561 g/mol. The average Bonchev–Trinajstić information content (AvgIpc) is 2.93. The molecule has 1 amide bonds. The highest BCUT2D eigenvalue weighted by Crippen LogP contribution is 2.35. The van der Waals surface area contributed by atoms with Gasteiger partial charge in [0, 0.05) is 37.7 Å². The lowest BCUT2D eigenvalue weighted by Gasteiger charge is -2.19. The van der Waals surface area contributed by atoms with Gasteiger partial charge < -0.3 is 10.1 Å². The van der Waals surface area contributed by atoms with Crippen LogP contribution >= 0.6 is 11.6 Å². The first-order valence-electron chi connectivity index (χ1n) is 12.5. The van der Waals surface area contributed by atoms with E-state index in [2.05, 4.69) is 20.0 Å². The molecule has 0 saturated heterocycles. The average molecular weight is 590 g/mol. The number of aromatic nitrogens is 3. The van der Waals surface area contributed by atoms with Crippen molar-refractivity contribution in [2.75, 3.05) is 18.9 Å². The SMILES string of the molecule is CNC(=O)C(C)[C@H](C)Cn1cnc2ccc(-c3cnc(OC)c(NS(=O)(=O)C4=C(Cl)C=C(F)CC4)c3)cc2c1=O. The number of ether oxygens (including phenoxy) is 1. The summed E-state index contributed by atoms with van der Waals surface area (Å²) in [6.07, 6.45) is 3.78. The Balaban J connectivity index is 1.70. The number of carbonyl (C=O) groups excluding carboxylic acids is 1. The van der Waals surface area contributed by atoms with E-state index in [1.165, 1.54) is 30.3 Å². The zero-order chi connectivity index (χ0) is 29.2. The van der Waals surface area contributed by atoms with Crippen molar-refractivity contribution in [3.8, 4) is 17.0 Å². The fourth-order valence-corrected chi connectivity index (χ4v) is 6.14. The van der Waals surface area contributed by atoms with Crippen LogP contribution in [0.25, 0.3) is 22.0 Å². The summed E-state index contributed by atoms with van der Waals surface area (Å²) in [7, 11) is -1.22. The predicted molar refractivity (Wildman–Crippen MR) is 152 cm³/mol. The van der Waals surface area contributed by atoms with Gasteiger partial charge in [0.25, 0.3) is 15.6 Å². The van der Waals surface area contributed by atoms with Gasteiger partial charge in [-0.2, -0.15) is 0 Å². The topological polar surface area (TPSA) is 132 Å². The summed E-state index contributed by atoms with van der Waals surface area (Å²) in [5, 5.41) is 2.78. The Hall–Kier alpha value is -3.77. The van der Waals surface area contributed by atoms with Crippen LogP contribution in [0.1, 0.15) is 26.7 Å². The third kappa shape index (κ3) is 6.02. The normalized spacial score (nSPS) is 15.4. The lowest BCUT2D eigenvalue weighted by Crippen LogP contribution is -2.33. The molecule has 40 heavy (non-hydrogen) atoms. The second kappa shape index (κ2) is 11.8. The van der Waals surface area contributed by atoms with E-state index in [1.807, 2.05) is 6.92 Å². The van der Waals surface area contributed by atoms with Crippen LogP contribution in [0.2, 0.25) is 0 Å². The molecule has 0 fully saturated rings. The van der Waals surface area contributed by atoms with Crippen LogP contribution in [0.3, 0.4) is 0 Å². The van der Waals surface area contributed by atoms with Crippen LogP contribution in [-0.2, 0) is 21.4 Å². The van der Waals surface area contributed by atoms with Gasteiger partial charge in [-0.15, -0.1) is 0 Å². The number of nitrogens with one attached hydrogen (secondary N) is 2. The van der Waals surface area contributed by atoms with Crippen LogP contribution in [0.4, 0.5) is 10.1 Å². The Morgan fingerprint density at radius 2 is 1.95 bits per heavy atom. The van der Waals surface area contributed by atoms with Gasteiger partial charge in [-0.3, -0.25) is 18.9 Å². The number of halogens is 2. The Bertz CT molecular complexity index is 1700. The molecule has 3 aromatic rings. The largest absolute Gasteiger partial charge is 0.480 e. The predicted octanol–water partition coefficient (Wildman–Crippen LogP) is 4.32. The van der Waals surface area contributed by atoms with E-state index in [4.69, 9.17) is 16.3 Å². The molecule has 0 aliphatic heterocycles. The Morgan fingerprint density at radius 3 is 2.62 bits per heavy atom. The van der Waals surface area contributed by atoms with Crippen LogP contribution in [0.5, 0.6) is 5.88 Å². The monoisotopic (exact) mass is 589 g/mol. The number of allylic oxidation sites excluding steroid dienone is 4. The smallest absolute Gasteiger partial charge is 0.261 e. The molecule has 1 aromatic carbocycles. The summed E-state index contributed by atoms with van der Waals surface area (Å²) in [6.45, 7) is 3.99. The molecule has 2 N–H and O–H groups in total. The van der Waals surface area contributed by atoms with E-state index in [1.54, 1.807) is 32.2 Å². The highest BCUT2D eigenvalue weighted by molar-refractivity contribution is 7.96. The molecule has 212 valence electrons. The molecule has 10 nitrogen and oxygen atoms in total. The third-order valence-electron chi connectivity index (χ3n) is 6.91. The number of hydrogen-bond acceptors (Lipinski definition) is 7.